The van der Waals surface area contributed by atoms with Crippen LogP contribution < -0.4 is 16.0 Å². The predicted molar refractivity (Wildman–Crippen MR) is 121 cm³/mol. The molecule has 0 aromatic heterocycles. The van der Waals surface area contributed by atoms with Gasteiger partial charge in [-0.1, -0.05) is 60.7 Å². The molecule has 2 aromatic carbocycles. The van der Waals surface area contributed by atoms with Crippen LogP contribution in [0.1, 0.15) is 24.0 Å². The second-order valence-electron chi connectivity index (χ2n) is 7.76. The van der Waals surface area contributed by atoms with Crippen molar-refractivity contribution in [1.29, 1.82) is 0 Å². The fourth-order valence-corrected chi connectivity index (χ4v) is 3.62. The van der Waals surface area contributed by atoms with Gasteiger partial charge in [-0.2, -0.15) is 0 Å². The van der Waals surface area contributed by atoms with E-state index in [9.17, 15) is 19.2 Å². The standard InChI is InChI=1S/C25H27N3O4/c29-17-21(16-20-13-14-26-24(20)31)27-25(32)22(15-19-9-5-2-6-10-19)28-23(30)12-11-18-7-3-1-4-8-18/h1-12,17,20-22H,13-16H2,(H,26,31)(H,27,32)(H,28,30)/b12-11+/t20-,21-,22-/m0/s1. The summed E-state index contributed by atoms with van der Waals surface area (Å²) in [6, 6.07) is 17.0. The summed E-state index contributed by atoms with van der Waals surface area (Å²) in [6.07, 6.45) is 4.82. The zero-order chi connectivity index (χ0) is 22.8. The fourth-order valence-electron chi connectivity index (χ4n) is 3.62. The van der Waals surface area contributed by atoms with Crippen molar-refractivity contribution in [3.63, 3.8) is 0 Å². The monoisotopic (exact) mass is 433 g/mol. The van der Waals surface area contributed by atoms with Crippen LogP contribution in [0.3, 0.4) is 0 Å². The molecule has 3 rings (SSSR count). The minimum absolute atomic E-state index is 0.105. The number of hydrogen-bond donors (Lipinski definition) is 3. The maximum Gasteiger partial charge on any atom is 0.244 e. The summed E-state index contributed by atoms with van der Waals surface area (Å²) < 4.78 is 0. The molecule has 0 bridgehead atoms. The third-order valence-electron chi connectivity index (χ3n) is 5.34. The van der Waals surface area contributed by atoms with E-state index >= 15 is 0 Å². The van der Waals surface area contributed by atoms with Crippen molar-refractivity contribution in [2.75, 3.05) is 6.54 Å². The molecule has 0 unspecified atom stereocenters. The number of benzene rings is 2. The van der Waals surface area contributed by atoms with E-state index in [2.05, 4.69) is 16.0 Å². The zero-order valence-corrected chi connectivity index (χ0v) is 17.7. The van der Waals surface area contributed by atoms with Crippen LogP contribution in [0.2, 0.25) is 0 Å². The van der Waals surface area contributed by atoms with E-state index in [0.29, 0.717) is 19.3 Å². The molecule has 7 nitrogen and oxygen atoms in total. The zero-order valence-electron chi connectivity index (χ0n) is 17.7. The Hall–Kier alpha value is -3.74. The van der Waals surface area contributed by atoms with Gasteiger partial charge in [0.05, 0.1) is 6.04 Å². The summed E-state index contributed by atoms with van der Waals surface area (Å²) in [6.45, 7) is 0.573. The molecule has 3 amide bonds. The lowest BCUT2D eigenvalue weighted by molar-refractivity contribution is -0.129. The normalized spacial score (nSPS) is 17.4. The Morgan fingerprint density at radius 3 is 2.34 bits per heavy atom. The van der Waals surface area contributed by atoms with Gasteiger partial charge in [-0.05, 0) is 30.0 Å². The molecule has 7 heteroatoms. The summed E-state index contributed by atoms with van der Waals surface area (Å²) in [7, 11) is 0. The van der Waals surface area contributed by atoms with Crippen LogP contribution in [0.4, 0.5) is 0 Å². The molecule has 3 atom stereocenters. The van der Waals surface area contributed by atoms with Gasteiger partial charge in [0.25, 0.3) is 0 Å². The second-order valence-corrected chi connectivity index (χ2v) is 7.76. The fraction of sp³-hybridized carbons (Fsp3) is 0.280. The van der Waals surface area contributed by atoms with Crippen LogP contribution in [0.25, 0.3) is 6.08 Å². The Labute approximate surface area is 187 Å². The Morgan fingerprint density at radius 2 is 1.72 bits per heavy atom. The lowest BCUT2D eigenvalue weighted by Gasteiger charge is -2.21. The summed E-state index contributed by atoms with van der Waals surface area (Å²) in [5, 5.41) is 8.15. The summed E-state index contributed by atoms with van der Waals surface area (Å²) in [5.41, 5.74) is 1.74. The van der Waals surface area contributed by atoms with Crippen LogP contribution in [0, 0.1) is 5.92 Å². The van der Waals surface area contributed by atoms with Gasteiger partial charge >= 0.3 is 0 Å². The van der Waals surface area contributed by atoms with Crippen LogP contribution in [-0.4, -0.2) is 42.6 Å². The van der Waals surface area contributed by atoms with E-state index in [0.717, 1.165) is 11.1 Å². The van der Waals surface area contributed by atoms with E-state index in [1.807, 2.05) is 60.7 Å². The van der Waals surface area contributed by atoms with Crippen LogP contribution >= 0.6 is 0 Å². The van der Waals surface area contributed by atoms with Crippen molar-refractivity contribution in [3.8, 4) is 0 Å². The largest absolute Gasteiger partial charge is 0.356 e. The molecule has 0 aliphatic carbocycles. The smallest absolute Gasteiger partial charge is 0.244 e. The minimum atomic E-state index is -0.870. The van der Waals surface area contributed by atoms with Gasteiger partial charge in [0.1, 0.15) is 12.3 Å². The van der Waals surface area contributed by atoms with E-state index in [1.54, 1.807) is 6.08 Å². The molecule has 1 fully saturated rings. The molecule has 166 valence electrons. The van der Waals surface area contributed by atoms with Gasteiger partial charge in [0.2, 0.25) is 17.7 Å². The first-order valence-electron chi connectivity index (χ1n) is 10.7. The van der Waals surface area contributed by atoms with Gasteiger partial charge in [0.15, 0.2) is 0 Å². The highest BCUT2D eigenvalue weighted by Crippen LogP contribution is 2.15. The second kappa shape index (κ2) is 11.6. The lowest BCUT2D eigenvalue weighted by Crippen LogP contribution is -2.51. The number of aldehydes is 1. The van der Waals surface area contributed by atoms with Crippen molar-refractivity contribution < 1.29 is 19.2 Å². The van der Waals surface area contributed by atoms with Gasteiger partial charge in [-0.3, -0.25) is 14.4 Å². The SMILES string of the molecule is O=C[C@H](C[C@@H]1CCNC1=O)NC(=O)[C@H](Cc1ccccc1)NC(=O)/C=C/c1ccccc1. The van der Waals surface area contributed by atoms with Crippen LogP contribution in [0.5, 0.6) is 0 Å². The Bertz CT molecular complexity index is 960. The van der Waals surface area contributed by atoms with Gasteiger partial charge < -0.3 is 20.7 Å². The Balaban J connectivity index is 1.67. The molecule has 1 aliphatic rings. The van der Waals surface area contributed by atoms with Crippen LogP contribution in [-0.2, 0) is 25.6 Å². The predicted octanol–water partition coefficient (Wildman–Crippen LogP) is 1.64. The summed E-state index contributed by atoms with van der Waals surface area (Å²) >= 11 is 0. The third-order valence-corrected chi connectivity index (χ3v) is 5.34. The maximum absolute atomic E-state index is 13.0. The van der Waals surface area contributed by atoms with Gasteiger partial charge in [-0.15, -0.1) is 0 Å². The first-order valence-corrected chi connectivity index (χ1v) is 10.7. The lowest BCUT2D eigenvalue weighted by atomic mass is 9.98. The highest BCUT2D eigenvalue weighted by Gasteiger charge is 2.29. The van der Waals surface area contributed by atoms with Gasteiger partial charge in [0, 0.05) is 25.0 Å². The van der Waals surface area contributed by atoms with Crippen LogP contribution in [0.15, 0.2) is 66.7 Å². The number of rotatable bonds is 10. The van der Waals surface area contributed by atoms with E-state index < -0.39 is 23.9 Å². The molecular formula is C25H27N3O4. The third kappa shape index (κ3) is 6.91. The van der Waals surface area contributed by atoms with Crippen molar-refractivity contribution >= 4 is 30.1 Å². The highest BCUT2D eigenvalue weighted by molar-refractivity contribution is 5.96. The number of nitrogens with one attached hydrogen (secondary N) is 3. The number of carbonyl (C=O) groups is 4. The maximum atomic E-state index is 13.0. The van der Waals surface area contributed by atoms with Crippen molar-refractivity contribution in [2.24, 2.45) is 5.92 Å². The average molecular weight is 434 g/mol. The topological polar surface area (TPSA) is 104 Å². The van der Waals surface area contributed by atoms with Crippen molar-refractivity contribution in [2.45, 2.75) is 31.3 Å². The number of hydrogen-bond acceptors (Lipinski definition) is 4. The summed E-state index contributed by atoms with van der Waals surface area (Å²) in [4.78, 5) is 48.8. The average Bonchev–Trinajstić information content (AvgIpc) is 3.22. The number of amides is 3. The molecule has 2 aromatic rings. The quantitative estimate of drug-likeness (QED) is 0.391. The van der Waals surface area contributed by atoms with E-state index in [1.165, 1.54) is 6.08 Å². The van der Waals surface area contributed by atoms with E-state index in [-0.39, 0.29) is 24.7 Å². The molecule has 1 aliphatic heterocycles. The molecule has 1 heterocycles. The molecule has 1 saturated heterocycles. The Morgan fingerprint density at radius 1 is 1.03 bits per heavy atom. The first-order chi connectivity index (χ1) is 15.5. The number of carbonyl (C=O) groups excluding carboxylic acids is 4. The van der Waals surface area contributed by atoms with E-state index in [4.69, 9.17) is 0 Å². The molecule has 0 saturated carbocycles. The first kappa shape index (κ1) is 22.9. The highest BCUT2D eigenvalue weighted by atomic mass is 16.2. The van der Waals surface area contributed by atoms with Crippen molar-refractivity contribution in [3.05, 3.63) is 77.9 Å². The molecule has 3 N–H and O–H groups in total. The molecule has 0 spiro atoms. The molecule has 0 radical (unpaired) electrons. The molecule has 32 heavy (non-hydrogen) atoms. The van der Waals surface area contributed by atoms with Gasteiger partial charge in [-0.25, -0.2) is 0 Å². The minimum Gasteiger partial charge on any atom is -0.356 e. The summed E-state index contributed by atoms with van der Waals surface area (Å²) in [5.74, 6) is -1.29. The Kier molecular flexibility index (Phi) is 8.31. The molecular weight excluding hydrogens is 406 g/mol. The van der Waals surface area contributed by atoms with Crippen molar-refractivity contribution in [1.82, 2.24) is 16.0 Å².